The number of pyridine rings is 1. The van der Waals surface area contributed by atoms with E-state index < -0.39 is 11.8 Å². The molecule has 128 valence electrons. The Morgan fingerprint density at radius 1 is 1.08 bits per heavy atom. The fourth-order valence-electron chi connectivity index (χ4n) is 1.73. The molecule has 9 nitrogen and oxygen atoms in total. The number of rotatable bonds is 6. The first kappa shape index (κ1) is 17.8. The molecule has 25 heavy (non-hydrogen) atoms. The van der Waals surface area contributed by atoms with Crippen molar-refractivity contribution in [1.29, 1.82) is 0 Å². The van der Waals surface area contributed by atoms with Gasteiger partial charge in [-0.25, -0.2) is 10.9 Å². The molecule has 4 N–H and O–H groups in total. The molecule has 2 amide bonds. The largest absolute Gasteiger partial charge is 0.297 e. The van der Waals surface area contributed by atoms with Crippen molar-refractivity contribution in [2.24, 2.45) is 10.2 Å². The fraction of sp³-hybridized carbons (Fsp3) is 0.0625. The second-order valence-corrected chi connectivity index (χ2v) is 4.76. The molecular weight excluding hydrogens is 324 g/mol. The van der Waals surface area contributed by atoms with E-state index in [4.69, 9.17) is 5.21 Å². The zero-order valence-corrected chi connectivity index (χ0v) is 13.3. The average molecular weight is 340 g/mol. The van der Waals surface area contributed by atoms with Gasteiger partial charge in [0.05, 0.1) is 17.0 Å². The average Bonchev–Trinajstić information content (AvgIpc) is 2.67. The number of hydrogen-bond acceptors (Lipinski definition) is 7. The van der Waals surface area contributed by atoms with Gasteiger partial charge in [-0.2, -0.15) is 10.2 Å². The Labute approximate surface area is 143 Å². The first-order chi connectivity index (χ1) is 12.1. The lowest BCUT2D eigenvalue weighted by molar-refractivity contribution is -0.122. The molecule has 1 aromatic carbocycles. The Bertz CT molecular complexity index is 790. The van der Waals surface area contributed by atoms with E-state index in [1.807, 2.05) is 6.07 Å². The van der Waals surface area contributed by atoms with Crippen LogP contribution >= 0.6 is 0 Å². The number of para-hydroxylation sites is 1. The molecule has 1 aromatic heterocycles. The van der Waals surface area contributed by atoms with Gasteiger partial charge < -0.3 is 0 Å². The quantitative estimate of drug-likeness (QED) is 0.356. The third kappa shape index (κ3) is 5.22. The number of hydrogen-bond donors (Lipinski definition) is 4. The van der Waals surface area contributed by atoms with E-state index in [1.54, 1.807) is 36.4 Å². The van der Waals surface area contributed by atoms with Crippen LogP contribution in [0.3, 0.4) is 0 Å². The van der Waals surface area contributed by atoms with Gasteiger partial charge in [-0.15, -0.1) is 0 Å². The Hall–Kier alpha value is -3.59. The van der Waals surface area contributed by atoms with Crippen molar-refractivity contribution >= 4 is 28.9 Å². The van der Waals surface area contributed by atoms with Gasteiger partial charge in [-0.1, -0.05) is 18.2 Å². The minimum Gasteiger partial charge on any atom is -0.288 e. The van der Waals surface area contributed by atoms with Gasteiger partial charge in [0.1, 0.15) is 0 Å². The molecule has 0 aliphatic heterocycles. The lowest BCUT2D eigenvalue weighted by Gasteiger charge is -2.06. The van der Waals surface area contributed by atoms with Crippen molar-refractivity contribution in [3.8, 4) is 0 Å². The number of nitrogens with zero attached hydrogens (tertiary/aromatic N) is 3. The van der Waals surface area contributed by atoms with Crippen LogP contribution in [0.15, 0.2) is 65.1 Å². The Balaban J connectivity index is 2.13. The predicted octanol–water partition coefficient (Wildman–Crippen LogP) is 1.16. The SMILES string of the molecule is CC(=N\NC(=O)c1cccnc1)/C(=N/Nc1ccccc1)C(=O)NO. The van der Waals surface area contributed by atoms with Crippen LogP contribution in [0.2, 0.25) is 0 Å². The number of carbonyl (C=O) groups is 2. The van der Waals surface area contributed by atoms with Crippen LogP contribution in [0, 0.1) is 0 Å². The number of benzene rings is 1. The molecule has 0 unspecified atom stereocenters. The molecule has 1 heterocycles. The van der Waals surface area contributed by atoms with Crippen molar-refractivity contribution in [1.82, 2.24) is 15.9 Å². The first-order valence-electron chi connectivity index (χ1n) is 7.20. The van der Waals surface area contributed by atoms with Crippen LogP contribution in [0.1, 0.15) is 17.3 Å². The Morgan fingerprint density at radius 3 is 2.48 bits per heavy atom. The molecular formula is C16H16N6O3. The van der Waals surface area contributed by atoms with Crippen molar-refractivity contribution in [2.75, 3.05) is 5.43 Å². The van der Waals surface area contributed by atoms with Gasteiger partial charge in [-0.3, -0.25) is 25.2 Å². The molecule has 0 saturated carbocycles. The monoisotopic (exact) mass is 340 g/mol. The second-order valence-electron chi connectivity index (χ2n) is 4.76. The van der Waals surface area contributed by atoms with Gasteiger partial charge in [0.15, 0.2) is 5.71 Å². The third-order valence-electron chi connectivity index (χ3n) is 2.98. The van der Waals surface area contributed by atoms with Crippen LogP contribution in [0.25, 0.3) is 0 Å². The summed E-state index contributed by atoms with van der Waals surface area (Å²) >= 11 is 0. The summed E-state index contributed by atoms with van der Waals surface area (Å²) in [6, 6.07) is 12.1. The number of anilines is 1. The summed E-state index contributed by atoms with van der Waals surface area (Å²) in [6.07, 6.45) is 2.92. The smallest absolute Gasteiger partial charge is 0.288 e. The van der Waals surface area contributed by atoms with Crippen LogP contribution in [-0.4, -0.2) is 33.4 Å². The van der Waals surface area contributed by atoms with Gasteiger partial charge in [-0.05, 0) is 31.2 Å². The molecule has 0 radical (unpaired) electrons. The highest BCUT2D eigenvalue weighted by Gasteiger charge is 2.15. The zero-order chi connectivity index (χ0) is 18.1. The van der Waals surface area contributed by atoms with E-state index in [0.717, 1.165) is 0 Å². The second kappa shape index (κ2) is 8.89. The maximum absolute atomic E-state index is 11.9. The molecule has 2 aromatic rings. The molecule has 0 atom stereocenters. The van der Waals surface area contributed by atoms with Crippen molar-refractivity contribution in [3.63, 3.8) is 0 Å². The molecule has 9 heteroatoms. The molecule has 2 rings (SSSR count). The molecule has 0 bridgehead atoms. The maximum atomic E-state index is 11.9. The topological polar surface area (TPSA) is 128 Å². The summed E-state index contributed by atoms with van der Waals surface area (Å²) in [5, 5.41) is 16.6. The van der Waals surface area contributed by atoms with E-state index in [2.05, 4.69) is 26.0 Å². The van der Waals surface area contributed by atoms with E-state index in [9.17, 15) is 9.59 Å². The molecule has 0 fully saturated rings. The van der Waals surface area contributed by atoms with E-state index in [0.29, 0.717) is 11.3 Å². The number of nitrogens with one attached hydrogen (secondary N) is 3. The standard InChI is InChI=1S/C16H16N6O3/c1-11(18-21-15(23)12-6-5-9-17-10-12)14(16(24)22-25)20-19-13-7-3-2-4-8-13/h2-10,19,25H,1H3,(H,21,23)(H,22,24)/b18-11+,20-14-. The minimum absolute atomic E-state index is 0.0900. The summed E-state index contributed by atoms with van der Waals surface area (Å²) in [7, 11) is 0. The zero-order valence-electron chi connectivity index (χ0n) is 13.3. The summed E-state index contributed by atoms with van der Waals surface area (Å²) in [6.45, 7) is 1.46. The summed E-state index contributed by atoms with van der Waals surface area (Å²) < 4.78 is 0. The highest BCUT2D eigenvalue weighted by Crippen LogP contribution is 2.04. The predicted molar refractivity (Wildman–Crippen MR) is 92.2 cm³/mol. The molecule has 0 aliphatic rings. The van der Waals surface area contributed by atoms with E-state index in [-0.39, 0.29) is 11.4 Å². The number of aromatic nitrogens is 1. The van der Waals surface area contributed by atoms with Crippen LogP contribution in [0.4, 0.5) is 5.69 Å². The molecule has 0 saturated heterocycles. The highest BCUT2D eigenvalue weighted by molar-refractivity contribution is 6.66. The number of hydroxylamine groups is 1. The number of hydrazone groups is 2. The Kier molecular flexibility index (Phi) is 6.32. The van der Waals surface area contributed by atoms with Gasteiger partial charge >= 0.3 is 0 Å². The van der Waals surface area contributed by atoms with Gasteiger partial charge in [0.2, 0.25) is 0 Å². The highest BCUT2D eigenvalue weighted by atomic mass is 16.5. The normalized spacial score (nSPS) is 11.6. The van der Waals surface area contributed by atoms with Gasteiger partial charge in [0.25, 0.3) is 11.8 Å². The molecule has 0 aliphatic carbocycles. The van der Waals surface area contributed by atoms with E-state index >= 15 is 0 Å². The van der Waals surface area contributed by atoms with Crippen LogP contribution in [0.5, 0.6) is 0 Å². The van der Waals surface area contributed by atoms with Crippen molar-refractivity contribution in [3.05, 3.63) is 60.4 Å². The van der Waals surface area contributed by atoms with Crippen LogP contribution < -0.4 is 16.3 Å². The summed E-state index contributed by atoms with van der Waals surface area (Å²) in [4.78, 5) is 27.5. The van der Waals surface area contributed by atoms with Gasteiger partial charge in [0, 0.05) is 12.4 Å². The van der Waals surface area contributed by atoms with Crippen molar-refractivity contribution < 1.29 is 14.8 Å². The fourth-order valence-corrected chi connectivity index (χ4v) is 1.73. The summed E-state index contributed by atoms with van der Waals surface area (Å²) in [5.74, 6) is -1.37. The number of carbonyl (C=O) groups excluding carboxylic acids is 2. The minimum atomic E-state index is -0.875. The summed E-state index contributed by atoms with van der Waals surface area (Å²) in [5.41, 5.74) is 7.30. The Morgan fingerprint density at radius 2 is 1.84 bits per heavy atom. The maximum Gasteiger partial charge on any atom is 0.297 e. The third-order valence-corrected chi connectivity index (χ3v) is 2.98. The lowest BCUT2D eigenvalue weighted by atomic mass is 10.2. The first-order valence-corrected chi connectivity index (χ1v) is 7.20. The van der Waals surface area contributed by atoms with E-state index in [1.165, 1.54) is 24.8 Å². The number of amides is 2. The molecule has 0 spiro atoms. The van der Waals surface area contributed by atoms with Crippen LogP contribution in [-0.2, 0) is 4.79 Å². The lowest BCUT2D eigenvalue weighted by Crippen LogP contribution is -2.35. The van der Waals surface area contributed by atoms with Crippen molar-refractivity contribution in [2.45, 2.75) is 6.92 Å².